The number of benzene rings is 3. The van der Waals surface area contributed by atoms with Crippen molar-refractivity contribution < 1.29 is 19.4 Å². The van der Waals surface area contributed by atoms with Gasteiger partial charge in [-0.05, 0) is 54.4 Å². The Labute approximate surface area is 157 Å². The number of amides is 1. The van der Waals surface area contributed by atoms with Gasteiger partial charge in [0, 0.05) is 11.3 Å². The van der Waals surface area contributed by atoms with E-state index in [1.807, 2.05) is 37.3 Å². The molecule has 136 valence electrons. The zero-order chi connectivity index (χ0) is 19.2. The molecule has 0 spiro atoms. The molecule has 3 aromatic rings. The number of carboxylic acid groups (broad SMARTS) is 1. The number of aryl methyl sites for hydroxylation is 1. The van der Waals surface area contributed by atoms with Crippen LogP contribution in [0.4, 0.5) is 5.69 Å². The molecule has 1 amide bonds. The van der Waals surface area contributed by atoms with E-state index >= 15 is 0 Å². The second kappa shape index (κ2) is 8.19. The minimum Gasteiger partial charge on any atom is -0.489 e. The van der Waals surface area contributed by atoms with Gasteiger partial charge in [0.1, 0.15) is 12.4 Å². The largest absolute Gasteiger partial charge is 0.489 e. The molecular formula is C22H19NO4. The van der Waals surface area contributed by atoms with Gasteiger partial charge in [0.25, 0.3) is 5.91 Å². The lowest BCUT2D eigenvalue weighted by molar-refractivity contribution is 0.0696. The van der Waals surface area contributed by atoms with Gasteiger partial charge in [-0.3, -0.25) is 4.79 Å². The molecule has 0 fully saturated rings. The Morgan fingerprint density at radius 2 is 1.59 bits per heavy atom. The zero-order valence-corrected chi connectivity index (χ0v) is 14.8. The molecule has 2 N–H and O–H groups in total. The summed E-state index contributed by atoms with van der Waals surface area (Å²) in [6, 6.07) is 21.3. The highest BCUT2D eigenvalue weighted by Crippen LogP contribution is 2.19. The Balaban J connectivity index is 1.65. The van der Waals surface area contributed by atoms with Gasteiger partial charge in [-0.1, -0.05) is 36.4 Å². The van der Waals surface area contributed by atoms with Crippen molar-refractivity contribution in [1.29, 1.82) is 0 Å². The maximum Gasteiger partial charge on any atom is 0.335 e. The van der Waals surface area contributed by atoms with E-state index in [0.29, 0.717) is 23.6 Å². The van der Waals surface area contributed by atoms with Crippen LogP contribution < -0.4 is 10.1 Å². The SMILES string of the molecule is Cc1ccc(C(=O)O)cc1NC(=O)c1ccc(OCc2ccccc2)cc1. The fourth-order valence-electron chi connectivity index (χ4n) is 2.53. The molecule has 0 saturated heterocycles. The van der Waals surface area contributed by atoms with Gasteiger partial charge >= 0.3 is 5.97 Å². The molecule has 0 aliphatic rings. The molecule has 3 rings (SSSR count). The van der Waals surface area contributed by atoms with E-state index < -0.39 is 5.97 Å². The van der Waals surface area contributed by atoms with Gasteiger partial charge in [-0.2, -0.15) is 0 Å². The first-order valence-electron chi connectivity index (χ1n) is 8.45. The molecule has 0 unspecified atom stereocenters. The van der Waals surface area contributed by atoms with Crippen LogP contribution in [0.15, 0.2) is 72.8 Å². The highest BCUT2D eigenvalue weighted by Gasteiger charge is 2.11. The van der Waals surface area contributed by atoms with E-state index in [-0.39, 0.29) is 11.5 Å². The van der Waals surface area contributed by atoms with Crippen molar-refractivity contribution in [3.8, 4) is 5.75 Å². The van der Waals surface area contributed by atoms with Crippen LogP contribution in [-0.4, -0.2) is 17.0 Å². The lowest BCUT2D eigenvalue weighted by Gasteiger charge is -2.10. The number of ether oxygens (including phenoxy) is 1. The van der Waals surface area contributed by atoms with Gasteiger partial charge in [-0.25, -0.2) is 4.79 Å². The van der Waals surface area contributed by atoms with Crippen LogP contribution in [0.3, 0.4) is 0 Å². The van der Waals surface area contributed by atoms with E-state index in [2.05, 4.69) is 5.32 Å². The van der Waals surface area contributed by atoms with Gasteiger partial charge < -0.3 is 15.2 Å². The maximum absolute atomic E-state index is 12.4. The second-order valence-electron chi connectivity index (χ2n) is 6.09. The smallest absolute Gasteiger partial charge is 0.335 e. The first-order chi connectivity index (χ1) is 13.0. The number of hydrogen-bond acceptors (Lipinski definition) is 3. The molecule has 5 nitrogen and oxygen atoms in total. The lowest BCUT2D eigenvalue weighted by Crippen LogP contribution is -2.13. The highest BCUT2D eigenvalue weighted by atomic mass is 16.5. The standard InChI is InChI=1S/C22H19NO4/c1-15-7-8-18(22(25)26)13-20(15)23-21(24)17-9-11-19(12-10-17)27-14-16-5-3-2-4-6-16/h2-13H,14H2,1H3,(H,23,24)(H,25,26). The van der Waals surface area contributed by atoms with Gasteiger partial charge in [-0.15, -0.1) is 0 Å². The zero-order valence-electron chi connectivity index (χ0n) is 14.8. The fourth-order valence-corrected chi connectivity index (χ4v) is 2.53. The lowest BCUT2D eigenvalue weighted by atomic mass is 10.1. The first kappa shape index (κ1) is 18.2. The van der Waals surface area contributed by atoms with E-state index in [4.69, 9.17) is 9.84 Å². The molecule has 0 radical (unpaired) electrons. The van der Waals surface area contributed by atoms with Crippen molar-refractivity contribution in [1.82, 2.24) is 0 Å². The molecule has 0 bridgehead atoms. The second-order valence-corrected chi connectivity index (χ2v) is 6.09. The van der Waals surface area contributed by atoms with Crippen LogP contribution in [-0.2, 0) is 6.61 Å². The number of carboxylic acids is 1. The summed E-state index contributed by atoms with van der Waals surface area (Å²) in [4.78, 5) is 23.5. The minimum atomic E-state index is -1.04. The predicted octanol–water partition coefficient (Wildman–Crippen LogP) is 4.52. The molecule has 3 aromatic carbocycles. The summed E-state index contributed by atoms with van der Waals surface area (Å²) < 4.78 is 5.71. The number of anilines is 1. The number of nitrogens with one attached hydrogen (secondary N) is 1. The van der Waals surface area contributed by atoms with E-state index in [1.165, 1.54) is 12.1 Å². The summed E-state index contributed by atoms with van der Waals surface area (Å²) >= 11 is 0. The summed E-state index contributed by atoms with van der Waals surface area (Å²) in [6.45, 7) is 2.26. The first-order valence-corrected chi connectivity index (χ1v) is 8.45. The minimum absolute atomic E-state index is 0.126. The molecule has 0 aliphatic heterocycles. The van der Waals surface area contributed by atoms with Gasteiger partial charge in [0.2, 0.25) is 0 Å². The Kier molecular flexibility index (Phi) is 5.52. The average molecular weight is 361 g/mol. The molecule has 5 heteroatoms. The van der Waals surface area contributed by atoms with Crippen molar-refractivity contribution in [3.05, 3.63) is 95.1 Å². The van der Waals surface area contributed by atoms with Crippen LogP contribution in [0.2, 0.25) is 0 Å². The number of aromatic carboxylic acids is 1. The molecule has 0 saturated carbocycles. The summed E-state index contributed by atoms with van der Waals surface area (Å²) in [5.41, 5.74) is 2.91. The van der Waals surface area contributed by atoms with Gasteiger partial charge in [0.05, 0.1) is 5.56 Å². The van der Waals surface area contributed by atoms with Crippen LogP contribution in [0.25, 0.3) is 0 Å². The van der Waals surface area contributed by atoms with Crippen molar-refractivity contribution in [3.63, 3.8) is 0 Å². The van der Waals surface area contributed by atoms with Crippen LogP contribution in [0.5, 0.6) is 5.75 Å². The van der Waals surface area contributed by atoms with Crippen molar-refractivity contribution in [2.45, 2.75) is 13.5 Å². The number of carbonyl (C=O) groups excluding carboxylic acids is 1. The van der Waals surface area contributed by atoms with Crippen LogP contribution >= 0.6 is 0 Å². The fraction of sp³-hybridized carbons (Fsp3) is 0.0909. The monoisotopic (exact) mass is 361 g/mol. The summed E-state index contributed by atoms with van der Waals surface area (Å²) in [5, 5.41) is 11.8. The van der Waals surface area contributed by atoms with E-state index in [0.717, 1.165) is 11.1 Å². The van der Waals surface area contributed by atoms with Crippen molar-refractivity contribution >= 4 is 17.6 Å². The summed E-state index contributed by atoms with van der Waals surface area (Å²) in [6.07, 6.45) is 0. The average Bonchev–Trinajstić information content (AvgIpc) is 2.69. The molecule has 0 aromatic heterocycles. The summed E-state index contributed by atoms with van der Waals surface area (Å²) in [5.74, 6) is -0.680. The highest BCUT2D eigenvalue weighted by molar-refractivity contribution is 6.05. The number of hydrogen-bond donors (Lipinski definition) is 2. The maximum atomic E-state index is 12.4. The third kappa shape index (κ3) is 4.73. The Morgan fingerprint density at radius 1 is 0.926 bits per heavy atom. The van der Waals surface area contributed by atoms with E-state index in [1.54, 1.807) is 30.3 Å². The van der Waals surface area contributed by atoms with E-state index in [9.17, 15) is 9.59 Å². The number of rotatable bonds is 6. The summed E-state index contributed by atoms with van der Waals surface area (Å²) in [7, 11) is 0. The third-order valence-electron chi connectivity index (χ3n) is 4.10. The molecule has 27 heavy (non-hydrogen) atoms. The van der Waals surface area contributed by atoms with Crippen LogP contribution in [0, 0.1) is 6.92 Å². The van der Waals surface area contributed by atoms with Crippen molar-refractivity contribution in [2.75, 3.05) is 5.32 Å². The Morgan fingerprint density at radius 3 is 2.26 bits per heavy atom. The molecular weight excluding hydrogens is 342 g/mol. The predicted molar refractivity (Wildman–Crippen MR) is 103 cm³/mol. The molecule has 0 atom stereocenters. The normalized spacial score (nSPS) is 10.3. The molecule has 0 aliphatic carbocycles. The Bertz CT molecular complexity index is 950. The quantitative estimate of drug-likeness (QED) is 0.677. The van der Waals surface area contributed by atoms with Gasteiger partial charge in [0.15, 0.2) is 0 Å². The van der Waals surface area contributed by atoms with Crippen molar-refractivity contribution in [2.24, 2.45) is 0 Å². The van der Waals surface area contributed by atoms with Crippen LogP contribution in [0.1, 0.15) is 31.8 Å². The topological polar surface area (TPSA) is 75.6 Å². The third-order valence-corrected chi connectivity index (χ3v) is 4.10. The number of carbonyl (C=O) groups is 2. The molecule has 0 heterocycles. The Hall–Kier alpha value is -3.60.